The van der Waals surface area contributed by atoms with Crippen molar-refractivity contribution in [2.45, 2.75) is 25.1 Å². The van der Waals surface area contributed by atoms with E-state index in [-0.39, 0.29) is 5.25 Å². The molecule has 0 spiro atoms. The van der Waals surface area contributed by atoms with E-state index in [0.29, 0.717) is 26.1 Å². The van der Waals surface area contributed by atoms with Crippen LogP contribution in [0.15, 0.2) is 30.7 Å². The minimum atomic E-state index is -3.21. The third kappa shape index (κ3) is 3.66. The number of sulfonamides is 1. The van der Waals surface area contributed by atoms with Crippen LogP contribution in [0, 0.1) is 0 Å². The van der Waals surface area contributed by atoms with Gasteiger partial charge < -0.3 is 0 Å². The van der Waals surface area contributed by atoms with Crippen molar-refractivity contribution in [2.75, 3.05) is 19.6 Å². The monoisotopic (exact) mass is 349 g/mol. The minimum Gasteiger partial charge on any atom is -0.298 e. The highest BCUT2D eigenvalue weighted by Gasteiger charge is 2.32. The van der Waals surface area contributed by atoms with Gasteiger partial charge in [-0.05, 0) is 25.1 Å². The molecule has 1 N–H and O–H groups in total. The molecular weight excluding hydrogens is 326 g/mol. The minimum absolute atomic E-state index is 0.335. The average Bonchev–Trinajstić information content (AvgIpc) is 3.16. The molecule has 0 bridgehead atoms. The standard InChI is InChI=1S/C16H23N5O2S/c1-3-18-24(22,23)15-6-9-21(12-15)11-14-10-20(2)19-16(14)13-4-7-17-8-5-13/h4-5,7-8,10,15,18H,3,6,9,11-12H2,1-2H3/t15-/m1/s1. The molecule has 2 aromatic rings. The first-order valence-electron chi connectivity index (χ1n) is 8.13. The lowest BCUT2D eigenvalue weighted by Gasteiger charge is -2.16. The number of hydrogen-bond acceptors (Lipinski definition) is 5. The van der Waals surface area contributed by atoms with E-state index in [1.807, 2.05) is 25.4 Å². The SMILES string of the molecule is CCNS(=O)(=O)[C@@H]1CCN(Cc2cn(C)nc2-c2ccncc2)C1. The van der Waals surface area contributed by atoms with Gasteiger partial charge in [0, 0.05) is 56.4 Å². The fraction of sp³-hybridized carbons (Fsp3) is 0.500. The first-order chi connectivity index (χ1) is 11.5. The summed E-state index contributed by atoms with van der Waals surface area (Å²) < 4.78 is 28.7. The zero-order chi connectivity index (χ0) is 17.2. The number of pyridine rings is 1. The molecule has 0 saturated carbocycles. The molecule has 0 amide bonds. The van der Waals surface area contributed by atoms with E-state index in [9.17, 15) is 8.42 Å². The smallest absolute Gasteiger partial charge is 0.215 e. The van der Waals surface area contributed by atoms with Gasteiger partial charge in [-0.15, -0.1) is 0 Å². The summed E-state index contributed by atoms with van der Waals surface area (Å²) in [4.78, 5) is 6.23. The number of aryl methyl sites for hydroxylation is 1. The van der Waals surface area contributed by atoms with Crippen LogP contribution >= 0.6 is 0 Å². The van der Waals surface area contributed by atoms with Crippen LogP contribution in [0.3, 0.4) is 0 Å². The molecule has 24 heavy (non-hydrogen) atoms. The van der Waals surface area contributed by atoms with Crippen LogP contribution < -0.4 is 4.72 Å². The second kappa shape index (κ2) is 7.00. The number of nitrogens with one attached hydrogen (secondary N) is 1. The summed E-state index contributed by atoms with van der Waals surface area (Å²) >= 11 is 0. The molecule has 1 saturated heterocycles. The van der Waals surface area contributed by atoms with Crippen molar-refractivity contribution < 1.29 is 8.42 Å². The summed E-state index contributed by atoms with van der Waals surface area (Å²) in [5, 5.41) is 4.22. The van der Waals surface area contributed by atoms with Crippen LogP contribution in [-0.4, -0.2) is 53.0 Å². The van der Waals surface area contributed by atoms with Gasteiger partial charge in [-0.1, -0.05) is 6.92 Å². The Kier molecular flexibility index (Phi) is 4.98. The Bertz CT molecular complexity index is 788. The largest absolute Gasteiger partial charge is 0.298 e. The lowest BCUT2D eigenvalue weighted by Crippen LogP contribution is -2.36. The van der Waals surface area contributed by atoms with E-state index in [1.54, 1.807) is 24.0 Å². The van der Waals surface area contributed by atoms with Gasteiger partial charge in [0.15, 0.2) is 0 Å². The van der Waals surface area contributed by atoms with Crippen molar-refractivity contribution in [3.63, 3.8) is 0 Å². The number of rotatable bonds is 6. The highest BCUT2D eigenvalue weighted by atomic mass is 32.2. The maximum atomic E-state index is 12.2. The van der Waals surface area contributed by atoms with Gasteiger partial charge in [0.2, 0.25) is 10.0 Å². The molecule has 3 rings (SSSR count). The fourth-order valence-corrected chi connectivity index (χ4v) is 4.62. The quantitative estimate of drug-likeness (QED) is 0.841. The highest BCUT2D eigenvalue weighted by Crippen LogP contribution is 2.25. The second-order valence-corrected chi connectivity index (χ2v) is 8.15. The molecule has 7 nitrogen and oxygen atoms in total. The first kappa shape index (κ1) is 17.1. The number of likely N-dealkylation sites (tertiary alicyclic amines) is 1. The molecule has 1 aliphatic heterocycles. The van der Waals surface area contributed by atoms with Crippen molar-refractivity contribution in [3.8, 4) is 11.3 Å². The average molecular weight is 349 g/mol. The van der Waals surface area contributed by atoms with Gasteiger partial charge in [-0.25, -0.2) is 13.1 Å². The Labute approximate surface area is 142 Å². The van der Waals surface area contributed by atoms with E-state index in [1.165, 1.54) is 0 Å². The maximum Gasteiger partial charge on any atom is 0.215 e. The number of hydrogen-bond donors (Lipinski definition) is 1. The van der Waals surface area contributed by atoms with Crippen molar-refractivity contribution in [2.24, 2.45) is 7.05 Å². The summed E-state index contributed by atoms with van der Waals surface area (Å²) in [5.74, 6) is 0. The van der Waals surface area contributed by atoms with Gasteiger partial charge in [0.05, 0.1) is 10.9 Å². The van der Waals surface area contributed by atoms with Gasteiger partial charge in [-0.3, -0.25) is 14.6 Å². The van der Waals surface area contributed by atoms with E-state index in [4.69, 9.17) is 0 Å². The molecule has 0 radical (unpaired) electrons. The van der Waals surface area contributed by atoms with Crippen LogP contribution in [0.5, 0.6) is 0 Å². The number of aromatic nitrogens is 3. The third-order valence-corrected chi connectivity index (χ3v) is 6.22. The molecular formula is C16H23N5O2S. The third-order valence-electron chi connectivity index (χ3n) is 4.27. The van der Waals surface area contributed by atoms with Crippen molar-refractivity contribution >= 4 is 10.0 Å². The van der Waals surface area contributed by atoms with Gasteiger partial charge >= 0.3 is 0 Å². The predicted molar refractivity (Wildman–Crippen MR) is 92.7 cm³/mol. The molecule has 0 aliphatic carbocycles. The zero-order valence-electron chi connectivity index (χ0n) is 14.0. The number of nitrogens with zero attached hydrogens (tertiary/aromatic N) is 4. The van der Waals surface area contributed by atoms with Gasteiger partial charge in [-0.2, -0.15) is 5.10 Å². The lowest BCUT2D eigenvalue weighted by atomic mass is 10.1. The van der Waals surface area contributed by atoms with Crippen molar-refractivity contribution in [1.29, 1.82) is 0 Å². The summed E-state index contributed by atoms with van der Waals surface area (Å²) in [6.07, 6.45) is 6.17. The molecule has 130 valence electrons. The first-order valence-corrected chi connectivity index (χ1v) is 9.68. The Hall–Kier alpha value is -1.77. The maximum absolute atomic E-state index is 12.2. The van der Waals surface area contributed by atoms with Crippen molar-refractivity contribution in [3.05, 3.63) is 36.3 Å². The Morgan fingerprint density at radius 3 is 2.79 bits per heavy atom. The van der Waals surface area contributed by atoms with Gasteiger partial charge in [0.1, 0.15) is 0 Å². The van der Waals surface area contributed by atoms with Crippen LogP contribution in [0.1, 0.15) is 18.9 Å². The molecule has 3 heterocycles. The Morgan fingerprint density at radius 2 is 2.08 bits per heavy atom. The van der Waals surface area contributed by atoms with E-state index in [0.717, 1.165) is 23.4 Å². The van der Waals surface area contributed by atoms with E-state index < -0.39 is 10.0 Å². The normalized spacial score (nSPS) is 19.0. The van der Waals surface area contributed by atoms with Gasteiger partial charge in [0.25, 0.3) is 0 Å². The van der Waals surface area contributed by atoms with Crippen molar-refractivity contribution in [1.82, 2.24) is 24.4 Å². The van der Waals surface area contributed by atoms with E-state index >= 15 is 0 Å². The molecule has 1 atom stereocenters. The summed E-state index contributed by atoms with van der Waals surface area (Å²) in [6.45, 7) is 4.28. The van der Waals surface area contributed by atoms with E-state index in [2.05, 4.69) is 19.7 Å². The molecule has 1 aliphatic rings. The summed E-state index contributed by atoms with van der Waals surface area (Å²) in [6, 6.07) is 3.88. The lowest BCUT2D eigenvalue weighted by molar-refractivity contribution is 0.331. The fourth-order valence-electron chi connectivity index (χ4n) is 3.16. The molecule has 2 aromatic heterocycles. The van der Waals surface area contributed by atoms with Crippen LogP contribution in [0.2, 0.25) is 0 Å². The molecule has 0 aromatic carbocycles. The van der Waals surface area contributed by atoms with Crippen LogP contribution in [-0.2, 0) is 23.6 Å². The predicted octanol–water partition coefficient (Wildman–Crippen LogP) is 0.996. The summed E-state index contributed by atoms with van der Waals surface area (Å²) in [5.41, 5.74) is 3.06. The molecule has 0 unspecified atom stereocenters. The Morgan fingerprint density at radius 1 is 1.33 bits per heavy atom. The molecule has 8 heteroatoms. The molecule has 1 fully saturated rings. The second-order valence-electron chi connectivity index (χ2n) is 6.10. The van der Waals surface area contributed by atoms with Crippen LogP contribution in [0.25, 0.3) is 11.3 Å². The van der Waals surface area contributed by atoms with Crippen LogP contribution in [0.4, 0.5) is 0 Å². The highest BCUT2D eigenvalue weighted by molar-refractivity contribution is 7.90. The topological polar surface area (TPSA) is 80.1 Å². The Balaban J connectivity index is 1.74. The zero-order valence-corrected chi connectivity index (χ0v) is 14.8. The summed E-state index contributed by atoms with van der Waals surface area (Å²) in [7, 11) is -1.31.